The van der Waals surface area contributed by atoms with Gasteiger partial charge in [-0.25, -0.2) is 13.9 Å². The summed E-state index contributed by atoms with van der Waals surface area (Å²) in [6.07, 6.45) is 2.18. The molecule has 0 aromatic heterocycles. The third kappa shape index (κ3) is 18.5. The maximum atomic E-state index is 13.1. The minimum Gasteiger partial charge on any atom is -0.497 e. The van der Waals surface area contributed by atoms with Crippen molar-refractivity contribution >= 4 is 33.7 Å². The van der Waals surface area contributed by atoms with E-state index in [9.17, 15) is 27.6 Å². The topological polar surface area (TPSA) is 211 Å². The molecule has 0 heterocycles. The highest BCUT2D eigenvalue weighted by molar-refractivity contribution is 7.89. The molecule has 268 valence electrons. The Morgan fingerprint density at radius 2 is 1.34 bits per heavy atom. The Morgan fingerprint density at radius 3 is 1.91 bits per heavy atom. The molecule has 1 aromatic rings. The number of nitrogens with one attached hydrogen (secondary N) is 6. The fourth-order valence-corrected chi connectivity index (χ4v) is 5.83. The Morgan fingerprint density at radius 1 is 0.745 bits per heavy atom. The normalized spacial score (nSPS) is 11.4. The van der Waals surface area contributed by atoms with Crippen molar-refractivity contribution in [2.45, 2.75) is 50.3 Å². The van der Waals surface area contributed by atoms with Crippen LogP contribution in [0.15, 0.2) is 29.2 Å². The summed E-state index contributed by atoms with van der Waals surface area (Å²) < 4.78 is 32.3. The van der Waals surface area contributed by atoms with Gasteiger partial charge in [-0.15, -0.1) is 0 Å². The van der Waals surface area contributed by atoms with Gasteiger partial charge in [0.05, 0.1) is 18.6 Å². The molecule has 0 saturated carbocycles. The molecule has 0 aliphatic heterocycles. The molecular formula is C30H54N8O8S. The molecule has 0 spiro atoms. The smallest absolute Gasteiger partial charge is 0.258 e. The molecule has 17 heteroatoms. The Balaban J connectivity index is 2.54. The monoisotopic (exact) mass is 686 g/mol. The lowest BCUT2D eigenvalue weighted by molar-refractivity contribution is -0.129. The van der Waals surface area contributed by atoms with Crippen LogP contribution in [-0.2, 0) is 29.2 Å². The van der Waals surface area contributed by atoms with Crippen LogP contribution in [0.5, 0.6) is 5.75 Å². The lowest BCUT2D eigenvalue weighted by Crippen LogP contribution is -2.40. The summed E-state index contributed by atoms with van der Waals surface area (Å²) in [5, 5.41) is 23.6. The van der Waals surface area contributed by atoms with E-state index in [2.05, 4.69) is 26.6 Å². The first kappa shape index (κ1) is 41.7. The van der Waals surface area contributed by atoms with Crippen molar-refractivity contribution in [1.29, 1.82) is 0 Å². The van der Waals surface area contributed by atoms with E-state index >= 15 is 0 Å². The highest BCUT2D eigenvalue weighted by Crippen LogP contribution is 2.20. The minimum atomic E-state index is -4.02. The molecule has 1 rings (SSSR count). The van der Waals surface area contributed by atoms with E-state index in [0.29, 0.717) is 77.4 Å². The fourth-order valence-electron chi connectivity index (χ4n) is 4.39. The van der Waals surface area contributed by atoms with E-state index < -0.39 is 22.5 Å². The number of rotatable bonds is 27. The van der Waals surface area contributed by atoms with Gasteiger partial charge >= 0.3 is 0 Å². The first-order chi connectivity index (χ1) is 22.6. The lowest BCUT2D eigenvalue weighted by atomic mass is 10.2. The van der Waals surface area contributed by atoms with E-state index in [4.69, 9.17) is 9.94 Å². The molecule has 16 nitrogen and oxygen atoms in total. The number of methoxy groups -OCH3 is 1. The number of likely N-dealkylation sites (N-methyl/N-ethyl adjacent to an activating group) is 2. The van der Waals surface area contributed by atoms with Crippen molar-refractivity contribution in [3.63, 3.8) is 0 Å². The molecule has 0 radical (unpaired) electrons. The van der Waals surface area contributed by atoms with E-state index in [1.165, 1.54) is 36.9 Å². The summed E-state index contributed by atoms with van der Waals surface area (Å²) in [7, 11) is -0.755. The molecule has 7 N–H and O–H groups in total. The van der Waals surface area contributed by atoms with Crippen LogP contribution in [-0.4, -0.2) is 133 Å². The minimum absolute atomic E-state index is 0.0169. The van der Waals surface area contributed by atoms with Crippen LogP contribution in [0.4, 0.5) is 0 Å². The number of hydrogen-bond donors (Lipinski definition) is 7. The summed E-state index contributed by atoms with van der Waals surface area (Å²) >= 11 is 0. The van der Waals surface area contributed by atoms with Gasteiger partial charge in [-0.2, -0.15) is 4.31 Å². The molecule has 0 unspecified atom stereocenters. The fraction of sp³-hybridized carbons (Fsp3) is 0.667. The van der Waals surface area contributed by atoms with Gasteiger partial charge in [0.15, 0.2) is 0 Å². The zero-order valence-electron chi connectivity index (χ0n) is 27.9. The van der Waals surface area contributed by atoms with Gasteiger partial charge in [0.1, 0.15) is 5.75 Å². The van der Waals surface area contributed by atoms with E-state index in [0.717, 1.165) is 10.8 Å². The summed E-state index contributed by atoms with van der Waals surface area (Å²) in [6.45, 7) is 6.37. The first-order valence-electron chi connectivity index (χ1n) is 16.0. The van der Waals surface area contributed by atoms with Gasteiger partial charge in [0.25, 0.3) is 5.91 Å². The lowest BCUT2D eigenvalue weighted by Gasteiger charge is -2.22. The molecule has 0 aliphatic rings. The molecule has 1 aromatic carbocycles. The SMILES string of the molecule is CCNCCNC(=O)CCN(CCNC(=O)CCCCCN(CC(=O)NO)S(=O)(=O)c1ccc(OC)cc1)CCC(=O)NCCNC. The van der Waals surface area contributed by atoms with Crippen LogP contribution in [0.2, 0.25) is 0 Å². The van der Waals surface area contributed by atoms with Gasteiger partial charge < -0.3 is 36.2 Å². The molecule has 0 fully saturated rings. The number of carbonyl (C=O) groups excluding carboxylic acids is 4. The maximum Gasteiger partial charge on any atom is 0.258 e. The highest BCUT2D eigenvalue weighted by atomic mass is 32.2. The average molecular weight is 687 g/mol. The Hall–Kier alpha value is -3.35. The number of unbranched alkanes of at least 4 members (excludes halogenated alkanes) is 2. The second-order valence-corrected chi connectivity index (χ2v) is 12.6. The number of benzene rings is 1. The summed E-state index contributed by atoms with van der Waals surface area (Å²) in [4.78, 5) is 50.7. The zero-order valence-corrected chi connectivity index (χ0v) is 28.8. The van der Waals surface area contributed by atoms with Gasteiger partial charge in [0.2, 0.25) is 27.7 Å². The molecule has 47 heavy (non-hydrogen) atoms. The van der Waals surface area contributed by atoms with Gasteiger partial charge in [-0.05, 0) is 50.7 Å². The average Bonchev–Trinajstić information content (AvgIpc) is 3.06. The van der Waals surface area contributed by atoms with Crippen LogP contribution in [0.3, 0.4) is 0 Å². The Kier molecular flexibility index (Phi) is 22.0. The van der Waals surface area contributed by atoms with Crippen LogP contribution >= 0.6 is 0 Å². The first-order valence-corrected chi connectivity index (χ1v) is 17.5. The number of ether oxygens (including phenoxy) is 1. The number of hydrogen-bond acceptors (Lipinski definition) is 11. The number of sulfonamides is 1. The predicted octanol–water partition coefficient (Wildman–Crippen LogP) is -0.989. The largest absolute Gasteiger partial charge is 0.497 e. The van der Waals surface area contributed by atoms with Crippen molar-refractivity contribution in [3.8, 4) is 5.75 Å². The van der Waals surface area contributed by atoms with Crippen molar-refractivity contribution < 1.29 is 37.5 Å². The van der Waals surface area contributed by atoms with Gasteiger partial charge in [-0.3, -0.25) is 24.4 Å². The molecular weight excluding hydrogens is 632 g/mol. The number of amides is 4. The number of nitrogens with zero attached hydrogens (tertiary/aromatic N) is 2. The zero-order chi connectivity index (χ0) is 34.9. The van der Waals surface area contributed by atoms with Crippen LogP contribution in [0.25, 0.3) is 0 Å². The van der Waals surface area contributed by atoms with Crippen molar-refractivity contribution in [3.05, 3.63) is 24.3 Å². The Bertz CT molecular complexity index is 1170. The second-order valence-electron chi connectivity index (χ2n) is 10.7. The molecule has 0 aliphatic carbocycles. The molecule has 4 amide bonds. The van der Waals surface area contributed by atoms with E-state index in [1.54, 1.807) is 7.05 Å². The van der Waals surface area contributed by atoms with Crippen LogP contribution in [0.1, 0.15) is 45.4 Å². The number of carbonyl (C=O) groups is 4. The van der Waals surface area contributed by atoms with E-state index in [1.807, 2.05) is 11.8 Å². The van der Waals surface area contributed by atoms with Crippen LogP contribution in [0, 0.1) is 0 Å². The number of hydroxylamine groups is 1. The van der Waals surface area contributed by atoms with Gasteiger partial charge in [-0.1, -0.05) is 13.3 Å². The molecule has 0 bridgehead atoms. The summed E-state index contributed by atoms with van der Waals surface area (Å²) in [5.74, 6) is -0.719. The maximum absolute atomic E-state index is 13.1. The molecule has 0 saturated heterocycles. The quantitative estimate of drug-likeness (QED) is 0.0340. The third-order valence-corrected chi connectivity index (χ3v) is 8.94. The summed E-state index contributed by atoms with van der Waals surface area (Å²) in [5.41, 5.74) is 1.46. The van der Waals surface area contributed by atoms with Gasteiger partial charge in [0, 0.05) is 78.2 Å². The highest BCUT2D eigenvalue weighted by Gasteiger charge is 2.26. The third-order valence-electron chi connectivity index (χ3n) is 7.08. The van der Waals surface area contributed by atoms with E-state index in [-0.39, 0.29) is 48.4 Å². The van der Waals surface area contributed by atoms with Crippen LogP contribution < -0.4 is 36.8 Å². The Labute approximate surface area is 278 Å². The summed E-state index contributed by atoms with van der Waals surface area (Å²) in [6, 6.07) is 5.76. The predicted molar refractivity (Wildman–Crippen MR) is 177 cm³/mol. The standard InChI is InChI=1S/C30H54N8O8S/c1-4-32-16-18-34-29(41)14-22-37(21-13-28(40)33-17-15-31-2)23-19-35-27(39)8-6-5-7-20-38(24-30(42)36-43)47(44,45)26-11-9-25(46-3)10-12-26/h9-12,31-32,43H,4-8,13-24H2,1-3H3,(H,33,40)(H,34,41)(H,35,39)(H,36,42). The van der Waals surface area contributed by atoms with Crippen molar-refractivity contribution in [2.75, 3.05) is 86.1 Å². The second kappa shape index (κ2) is 24.8. The molecule has 0 atom stereocenters. The van der Waals surface area contributed by atoms with Crippen molar-refractivity contribution in [1.82, 2.24) is 41.3 Å². The van der Waals surface area contributed by atoms with Crippen molar-refractivity contribution in [2.24, 2.45) is 0 Å².